The Morgan fingerprint density at radius 3 is 2.56 bits per heavy atom. The Hall–Kier alpha value is -0.580. The topological polar surface area (TPSA) is 52.5 Å². The summed E-state index contributed by atoms with van der Waals surface area (Å²) in [5.74, 6) is 0.494. The normalized spacial score (nSPS) is 12.9. The molecule has 90 valence electrons. The molecule has 3 N–H and O–H groups in total. The summed E-state index contributed by atoms with van der Waals surface area (Å²) < 4.78 is 0.976. The molecule has 16 heavy (non-hydrogen) atoms. The summed E-state index contributed by atoms with van der Waals surface area (Å²) in [5, 5.41) is 21.0. The van der Waals surface area contributed by atoms with Crippen LogP contribution in [0.5, 0.6) is 0 Å². The minimum atomic E-state index is -0.725. The number of hydrogen-bond acceptors (Lipinski definition) is 3. The molecule has 1 aromatic carbocycles. The second kappa shape index (κ2) is 6.23. The summed E-state index contributed by atoms with van der Waals surface area (Å²) >= 11 is 3.48. The number of hydrogen-bond donors (Lipinski definition) is 3. The van der Waals surface area contributed by atoms with Gasteiger partial charge in [0.1, 0.15) is 0 Å². The van der Waals surface area contributed by atoms with Gasteiger partial charge in [0, 0.05) is 16.7 Å². The molecule has 0 bridgehead atoms. The minimum absolute atomic E-state index is 0.227. The molecule has 1 atom stereocenters. The molecule has 0 radical (unpaired) electrons. The van der Waals surface area contributed by atoms with Crippen LogP contribution in [0.3, 0.4) is 0 Å². The molecule has 0 aliphatic heterocycles. The van der Waals surface area contributed by atoms with Crippen molar-refractivity contribution in [3.63, 3.8) is 0 Å². The van der Waals surface area contributed by atoms with Crippen molar-refractivity contribution in [3.05, 3.63) is 28.2 Å². The van der Waals surface area contributed by atoms with E-state index in [2.05, 4.69) is 47.2 Å². The predicted molar refractivity (Wildman–Crippen MR) is 69.8 cm³/mol. The Morgan fingerprint density at radius 2 is 2.06 bits per heavy atom. The summed E-state index contributed by atoms with van der Waals surface area (Å²) in [5.41, 5.74) is 2.19. The molecule has 0 fully saturated rings. The summed E-state index contributed by atoms with van der Waals surface area (Å²) in [6.07, 6.45) is -0.725. The molecule has 1 unspecified atom stereocenters. The maximum absolute atomic E-state index is 9.23. The van der Waals surface area contributed by atoms with Crippen LogP contribution in [0.4, 0.5) is 5.69 Å². The van der Waals surface area contributed by atoms with E-state index in [1.54, 1.807) is 0 Å². The van der Waals surface area contributed by atoms with Crippen LogP contribution in [0.25, 0.3) is 0 Å². The van der Waals surface area contributed by atoms with Crippen molar-refractivity contribution in [2.45, 2.75) is 25.9 Å². The lowest BCUT2D eigenvalue weighted by Crippen LogP contribution is -2.23. The van der Waals surface area contributed by atoms with Crippen LogP contribution in [-0.4, -0.2) is 29.5 Å². The van der Waals surface area contributed by atoms with E-state index in [9.17, 15) is 5.11 Å². The number of aliphatic hydroxyl groups excluding tert-OH is 2. The molecule has 4 heteroatoms. The fraction of sp³-hybridized carbons (Fsp3) is 0.500. The highest BCUT2D eigenvalue weighted by atomic mass is 79.9. The van der Waals surface area contributed by atoms with Crippen LogP contribution in [0.15, 0.2) is 22.7 Å². The average molecular weight is 288 g/mol. The summed E-state index contributed by atoms with van der Waals surface area (Å²) in [4.78, 5) is 0. The Morgan fingerprint density at radius 1 is 1.38 bits per heavy atom. The molecule has 0 aromatic heterocycles. The zero-order chi connectivity index (χ0) is 12.1. The highest BCUT2D eigenvalue weighted by molar-refractivity contribution is 9.10. The first kappa shape index (κ1) is 13.5. The van der Waals surface area contributed by atoms with Gasteiger partial charge in [0.2, 0.25) is 0 Å². The van der Waals surface area contributed by atoms with E-state index < -0.39 is 6.10 Å². The largest absolute Gasteiger partial charge is 0.394 e. The summed E-state index contributed by atoms with van der Waals surface area (Å²) in [7, 11) is 0. The van der Waals surface area contributed by atoms with Gasteiger partial charge in [0.15, 0.2) is 0 Å². The molecular formula is C12H18BrNO2. The average Bonchev–Trinajstić information content (AvgIpc) is 2.26. The Balaban J connectivity index is 2.68. The molecule has 1 aromatic rings. The van der Waals surface area contributed by atoms with Gasteiger partial charge in [-0.3, -0.25) is 0 Å². The second-order valence-corrected chi connectivity index (χ2v) is 4.97. The quantitative estimate of drug-likeness (QED) is 0.779. The smallest absolute Gasteiger partial charge is 0.0942 e. The molecule has 1 rings (SSSR count). The molecule has 0 aliphatic rings. The van der Waals surface area contributed by atoms with Gasteiger partial charge in [0.25, 0.3) is 0 Å². The van der Waals surface area contributed by atoms with Gasteiger partial charge in [-0.15, -0.1) is 0 Å². The molecule has 0 spiro atoms. The zero-order valence-electron chi connectivity index (χ0n) is 9.57. The maximum Gasteiger partial charge on any atom is 0.0942 e. The van der Waals surface area contributed by atoms with E-state index in [0.29, 0.717) is 12.5 Å². The molecule has 0 aliphatic carbocycles. The standard InChI is InChI=1S/C12H18BrNO2/c1-8(2)9-3-4-12(11(13)5-9)14-6-10(16)7-15/h3-5,8,10,14-16H,6-7H2,1-2H3. The second-order valence-electron chi connectivity index (χ2n) is 4.11. The van der Waals surface area contributed by atoms with Gasteiger partial charge in [-0.05, 0) is 39.5 Å². The number of nitrogens with one attached hydrogen (secondary N) is 1. The molecule has 0 saturated carbocycles. The third kappa shape index (κ3) is 3.77. The Labute approximate surface area is 105 Å². The monoisotopic (exact) mass is 287 g/mol. The van der Waals surface area contributed by atoms with E-state index >= 15 is 0 Å². The van der Waals surface area contributed by atoms with Gasteiger partial charge in [-0.2, -0.15) is 0 Å². The first-order valence-electron chi connectivity index (χ1n) is 5.36. The number of benzene rings is 1. The van der Waals surface area contributed by atoms with Crippen molar-refractivity contribution in [1.29, 1.82) is 0 Å². The highest BCUT2D eigenvalue weighted by Gasteiger charge is 2.06. The lowest BCUT2D eigenvalue weighted by atomic mass is 10.0. The van der Waals surface area contributed by atoms with E-state index in [1.165, 1.54) is 5.56 Å². The number of aliphatic hydroxyl groups is 2. The third-order valence-corrected chi connectivity index (χ3v) is 3.05. The van der Waals surface area contributed by atoms with Crippen LogP contribution < -0.4 is 5.32 Å². The highest BCUT2D eigenvalue weighted by Crippen LogP contribution is 2.26. The lowest BCUT2D eigenvalue weighted by Gasteiger charge is -2.13. The van der Waals surface area contributed by atoms with E-state index in [-0.39, 0.29) is 6.61 Å². The van der Waals surface area contributed by atoms with Gasteiger partial charge in [0.05, 0.1) is 12.7 Å². The maximum atomic E-state index is 9.23. The van der Waals surface area contributed by atoms with Crippen molar-refractivity contribution in [2.75, 3.05) is 18.5 Å². The van der Waals surface area contributed by atoms with Crippen molar-refractivity contribution in [2.24, 2.45) is 0 Å². The molecule has 0 heterocycles. The van der Waals surface area contributed by atoms with E-state index in [4.69, 9.17) is 5.11 Å². The predicted octanol–water partition coefficient (Wildman–Crippen LogP) is 2.34. The van der Waals surface area contributed by atoms with Gasteiger partial charge < -0.3 is 15.5 Å². The van der Waals surface area contributed by atoms with Crippen molar-refractivity contribution >= 4 is 21.6 Å². The minimum Gasteiger partial charge on any atom is -0.394 e. The molecular weight excluding hydrogens is 270 g/mol. The first-order valence-corrected chi connectivity index (χ1v) is 6.16. The van der Waals surface area contributed by atoms with Crippen molar-refractivity contribution in [3.8, 4) is 0 Å². The van der Waals surface area contributed by atoms with Crippen LogP contribution in [0.2, 0.25) is 0 Å². The fourth-order valence-electron chi connectivity index (χ4n) is 1.33. The van der Waals surface area contributed by atoms with Gasteiger partial charge >= 0.3 is 0 Å². The fourth-order valence-corrected chi connectivity index (χ4v) is 1.86. The number of halogens is 1. The summed E-state index contributed by atoms with van der Waals surface area (Å²) in [6, 6.07) is 6.10. The first-order chi connectivity index (χ1) is 7.54. The van der Waals surface area contributed by atoms with Crippen molar-refractivity contribution < 1.29 is 10.2 Å². The van der Waals surface area contributed by atoms with E-state index in [1.807, 2.05) is 6.07 Å². The third-order valence-electron chi connectivity index (χ3n) is 2.40. The van der Waals surface area contributed by atoms with Crippen molar-refractivity contribution in [1.82, 2.24) is 0 Å². The van der Waals surface area contributed by atoms with Gasteiger partial charge in [-0.1, -0.05) is 19.9 Å². The van der Waals surface area contributed by atoms with Gasteiger partial charge in [-0.25, -0.2) is 0 Å². The van der Waals surface area contributed by atoms with E-state index in [0.717, 1.165) is 10.2 Å². The number of anilines is 1. The summed E-state index contributed by atoms with van der Waals surface area (Å²) in [6.45, 7) is 4.40. The Bertz CT molecular complexity index is 342. The lowest BCUT2D eigenvalue weighted by molar-refractivity contribution is 0.105. The molecule has 0 amide bonds. The molecule has 0 saturated heterocycles. The molecule has 3 nitrogen and oxygen atoms in total. The van der Waals surface area contributed by atoms with Crippen LogP contribution in [0.1, 0.15) is 25.3 Å². The zero-order valence-corrected chi connectivity index (χ0v) is 11.2. The Kier molecular flexibility index (Phi) is 5.25. The number of rotatable bonds is 5. The van der Waals surface area contributed by atoms with Crippen LogP contribution in [0, 0.1) is 0 Å². The van der Waals surface area contributed by atoms with Crippen LogP contribution in [-0.2, 0) is 0 Å². The SMILES string of the molecule is CC(C)c1ccc(NCC(O)CO)c(Br)c1. The van der Waals surface area contributed by atoms with Crippen LogP contribution >= 0.6 is 15.9 Å².